The van der Waals surface area contributed by atoms with Gasteiger partial charge >= 0.3 is 5.97 Å². The Morgan fingerprint density at radius 1 is 0.941 bits per heavy atom. The zero-order valence-electron chi connectivity index (χ0n) is 10.5. The van der Waals surface area contributed by atoms with Crippen molar-refractivity contribution in [3.05, 3.63) is 0 Å². The number of carbonyl (C=O) groups is 1. The summed E-state index contributed by atoms with van der Waals surface area (Å²) in [5.74, 6) is 0.988. The lowest BCUT2D eigenvalue weighted by Crippen LogP contribution is -2.42. The molecule has 0 radical (unpaired) electrons. The van der Waals surface area contributed by atoms with Gasteiger partial charge in [0, 0.05) is 12.1 Å². The van der Waals surface area contributed by atoms with Gasteiger partial charge in [-0.3, -0.25) is 9.69 Å². The monoisotopic (exact) mass is 237 g/mol. The van der Waals surface area contributed by atoms with Crippen molar-refractivity contribution in [2.75, 3.05) is 6.54 Å². The molecule has 4 atom stereocenters. The van der Waals surface area contributed by atoms with Crippen molar-refractivity contribution < 1.29 is 9.90 Å². The Balaban J connectivity index is 1.82. The Labute approximate surface area is 103 Å². The average molecular weight is 237 g/mol. The van der Waals surface area contributed by atoms with Crippen molar-refractivity contribution in [3.8, 4) is 0 Å². The molecule has 2 aliphatic carbocycles. The van der Waals surface area contributed by atoms with Crippen LogP contribution in [0.5, 0.6) is 0 Å². The number of hydrogen-bond donors (Lipinski definition) is 1. The summed E-state index contributed by atoms with van der Waals surface area (Å²) in [4.78, 5) is 13.4. The van der Waals surface area contributed by atoms with E-state index >= 15 is 0 Å². The fourth-order valence-electron chi connectivity index (χ4n) is 4.74. The predicted molar refractivity (Wildman–Crippen MR) is 65.8 cm³/mol. The summed E-state index contributed by atoms with van der Waals surface area (Å²) in [6, 6.07) is 1.18. The van der Waals surface area contributed by atoms with Crippen LogP contribution in [0.15, 0.2) is 0 Å². The van der Waals surface area contributed by atoms with E-state index in [9.17, 15) is 4.79 Å². The molecule has 4 unspecified atom stereocenters. The Morgan fingerprint density at radius 3 is 1.88 bits per heavy atom. The second-order valence-corrected chi connectivity index (χ2v) is 6.10. The molecule has 0 aromatic carbocycles. The number of fused-ring (bicyclic) bond motifs is 3. The Hall–Kier alpha value is -0.570. The molecule has 1 N–H and O–H groups in total. The van der Waals surface area contributed by atoms with Crippen LogP contribution in [0, 0.1) is 11.8 Å². The number of likely N-dealkylation sites (tertiary alicyclic amines) is 1. The Bertz CT molecular complexity index is 283. The molecule has 1 saturated heterocycles. The molecule has 0 spiro atoms. The number of hydrogen-bond acceptors (Lipinski definition) is 2. The highest BCUT2D eigenvalue weighted by Gasteiger charge is 2.49. The fraction of sp³-hybridized carbons (Fsp3) is 0.929. The van der Waals surface area contributed by atoms with Crippen molar-refractivity contribution in [1.29, 1.82) is 0 Å². The number of rotatable bonds is 2. The molecule has 17 heavy (non-hydrogen) atoms. The van der Waals surface area contributed by atoms with E-state index in [0.717, 1.165) is 11.8 Å². The third-order valence-corrected chi connectivity index (χ3v) is 5.28. The minimum absolute atomic E-state index is 0.280. The first kappa shape index (κ1) is 11.5. The largest absolute Gasteiger partial charge is 0.480 e. The number of aliphatic carboxylic acids is 1. The van der Waals surface area contributed by atoms with E-state index < -0.39 is 5.97 Å². The highest BCUT2D eigenvalue weighted by Crippen LogP contribution is 2.48. The first-order chi connectivity index (χ1) is 8.27. The first-order valence-electron chi connectivity index (χ1n) is 7.25. The summed E-state index contributed by atoms with van der Waals surface area (Å²) < 4.78 is 0. The summed E-state index contributed by atoms with van der Waals surface area (Å²) >= 11 is 0. The Kier molecular flexibility index (Phi) is 3.12. The van der Waals surface area contributed by atoms with Crippen molar-refractivity contribution in [1.82, 2.24) is 4.90 Å². The molecule has 3 aliphatic rings. The molecule has 2 saturated carbocycles. The molecule has 3 fully saturated rings. The third-order valence-electron chi connectivity index (χ3n) is 5.28. The lowest BCUT2D eigenvalue weighted by Gasteiger charge is -2.32. The van der Waals surface area contributed by atoms with E-state index in [-0.39, 0.29) is 6.54 Å². The van der Waals surface area contributed by atoms with E-state index in [1.165, 1.54) is 51.4 Å². The highest BCUT2D eigenvalue weighted by molar-refractivity contribution is 5.69. The van der Waals surface area contributed by atoms with Gasteiger partial charge in [0.1, 0.15) is 0 Å². The highest BCUT2D eigenvalue weighted by atomic mass is 16.4. The average Bonchev–Trinajstić information content (AvgIpc) is 2.65. The smallest absolute Gasteiger partial charge is 0.317 e. The molecule has 96 valence electrons. The van der Waals surface area contributed by atoms with Gasteiger partial charge < -0.3 is 5.11 Å². The predicted octanol–water partition coefficient (Wildman–Crippen LogP) is 2.50. The minimum Gasteiger partial charge on any atom is -0.480 e. The summed E-state index contributed by atoms with van der Waals surface area (Å²) in [5, 5.41) is 9.11. The van der Waals surface area contributed by atoms with Crippen molar-refractivity contribution in [2.24, 2.45) is 11.8 Å². The van der Waals surface area contributed by atoms with Crippen LogP contribution in [0.1, 0.15) is 51.4 Å². The first-order valence-corrected chi connectivity index (χ1v) is 7.25. The SMILES string of the molecule is O=C(O)CN1C2CCCCC2C2CCCCC21. The molecule has 3 rings (SSSR count). The number of carboxylic acids is 1. The quantitative estimate of drug-likeness (QED) is 0.802. The van der Waals surface area contributed by atoms with Gasteiger partial charge in [0.25, 0.3) is 0 Å². The van der Waals surface area contributed by atoms with Crippen LogP contribution in [-0.4, -0.2) is 34.6 Å². The van der Waals surface area contributed by atoms with E-state index in [4.69, 9.17) is 5.11 Å². The van der Waals surface area contributed by atoms with Gasteiger partial charge in [0.15, 0.2) is 0 Å². The minimum atomic E-state index is -0.638. The van der Waals surface area contributed by atoms with Crippen LogP contribution >= 0.6 is 0 Å². The molecule has 0 bridgehead atoms. The number of nitrogens with zero attached hydrogens (tertiary/aromatic N) is 1. The zero-order chi connectivity index (χ0) is 11.8. The van der Waals surface area contributed by atoms with Crippen LogP contribution < -0.4 is 0 Å². The molecule has 1 heterocycles. The van der Waals surface area contributed by atoms with E-state index in [2.05, 4.69) is 4.90 Å². The van der Waals surface area contributed by atoms with Crippen LogP contribution in [0.2, 0.25) is 0 Å². The van der Waals surface area contributed by atoms with Crippen molar-refractivity contribution in [3.63, 3.8) is 0 Å². The molecule has 3 nitrogen and oxygen atoms in total. The van der Waals surface area contributed by atoms with Gasteiger partial charge in [-0.05, 0) is 37.5 Å². The lowest BCUT2D eigenvalue weighted by atomic mass is 9.73. The molecule has 3 heteroatoms. The maximum atomic E-state index is 11.1. The molecule has 0 amide bonds. The van der Waals surface area contributed by atoms with E-state index in [1.54, 1.807) is 0 Å². The Morgan fingerprint density at radius 2 is 1.41 bits per heavy atom. The van der Waals surface area contributed by atoms with Crippen molar-refractivity contribution >= 4 is 5.97 Å². The maximum Gasteiger partial charge on any atom is 0.317 e. The van der Waals surface area contributed by atoms with Crippen LogP contribution in [0.25, 0.3) is 0 Å². The van der Waals surface area contributed by atoms with E-state index in [1.807, 2.05) is 0 Å². The molecular weight excluding hydrogens is 214 g/mol. The second kappa shape index (κ2) is 4.60. The molecular formula is C14H23NO2. The van der Waals surface area contributed by atoms with Crippen LogP contribution in [0.3, 0.4) is 0 Å². The number of carboxylic acid groups (broad SMARTS) is 1. The standard InChI is InChI=1S/C14H23NO2/c16-14(17)9-15-12-7-3-1-5-10(12)11-6-2-4-8-13(11)15/h10-13H,1-9H2,(H,16,17). The zero-order valence-corrected chi connectivity index (χ0v) is 10.5. The maximum absolute atomic E-state index is 11.1. The molecule has 0 aromatic rings. The van der Waals surface area contributed by atoms with E-state index in [0.29, 0.717) is 12.1 Å². The topological polar surface area (TPSA) is 40.5 Å². The van der Waals surface area contributed by atoms with Crippen molar-refractivity contribution in [2.45, 2.75) is 63.5 Å². The summed E-state index contributed by atoms with van der Waals surface area (Å²) in [6.07, 6.45) is 10.5. The van der Waals surface area contributed by atoms with Crippen LogP contribution in [-0.2, 0) is 4.79 Å². The summed E-state index contributed by atoms with van der Waals surface area (Å²) in [6.45, 7) is 0.280. The lowest BCUT2D eigenvalue weighted by molar-refractivity contribution is -0.139. The van der Waals surface area contributed by atoms with Gasteiger partial charge in [-0.1, -0.05) is 25.7 Å². The van der Waals surface area contributed by atoms with Gasteiger partial charge in [-0.25, -0.2) is 0 Å². The summed E-state index contributed by atoms with van der Waals surface area (Å²) in [7, 11) is 0. The van der Waals surface area contributed by atoms with Crippen LogP contribution in [0.4, 0.5) is 0 Å². The molecule has 0 aromatic heterocycles. The second-order valence-electron chi connectivity index (χ2n) is 6.10. The van der Waals surface area contributed by atoms with Gasteiger partial charge in [0.2, 0.25) is 0 Å². The fourth-order valence-corrected chi connectivity index (χ4v) is 4.74. The normalized spacial score (nSPS) is 41.9. The van der Waals surface area contributed by atoms with Gasteiger partial charge in [-0.15, -0.1) is 0 Å². The molecule has 1 aliphatic heterocycles. The van der Waals surface area contributed by atoms with Gasteiger partial charge in [-0.2, -0.15) is 0 Å². The third kappa shape index (κ3) is 1.99. The van der Waals surface area contributed by atoms with Gasteiger partial charge in [0.05, 0.1) is 6.54 Å². The summed E-state index contributed by atoms with van der Waals surface area (Å²) in [5.41, 5.74) is 0.